The quantitative estimate of drug-likeness (QED) is 0.393. The number of rotatable bonds is 10. The van der Waals surface area contributed by atoms with Gasteiger partial charge < -0.3 is 0 Å². The van der Waals surface area contributed by atoms with Gasteiger partial charge in [-0.3, -0.25) is 0 Å². The van der Waals surface area contributed by atoms with Crippen molar-refractivity contribution in [2.45, 2.75) is 79.0 Å². The van der Waals surface area contributed by atoms with Crippen LogP contribution in [0.2, 0.25) is 13.3 Å². The second kappa shape index (κ2) is 11.9. The van der Waals surface area contributed by atoms with Crippen molar-refractivity contribution in [2.24, 2.45) is 0 Å². The number of hydrogen-bond acceptors (Lipinski definition) is 0. The summed E-state index contributed by atoms with van der Waals surface area (Å²) < 4.78 is 5.10. The first-order valence-electron chi connectivity index (χ1n) is 6.85. The van der Waals surface area contributed by atoms with E-state index in [1.807, 2.05) is 0 Å². The molecule has 0 nitrogen and oxygen atoms in total. The van der Waals surface area contributed by atoms with Crippen LogP contribution in [0.3, 0.4) is 0 Å². The molecule has 1 heteroatoms. The van der Waals surface area contributed by atoms with Gasteiger partial charge in [0.15, 0.2) is 0 Å². The van der Waals surface area contributed by atoms with Crippen LogP contribution in [-0.4, -0.2) is 19.8 Å². The molecule has 0 unspecified atom stereocenters. The third kappa shape index (κ3) is 9.36. The normalized spacial score (nSPS) is 11.1. The van der Waals surface area contributed by atoms with Crippen molar-refractivity contribution in [3.8, 4) is 0 Å². The minimum absolute atomic E-state index is 0.989. The van der Waals surface area contributed by atoms with Crippen molar-refractivity contribution < 1.29 is 0 Å². The molecule has 86 valence electrons. The van der Waals surface area contributed by atoms with Crippen molar-refractivity contribution >= 4 is 19.8 Å². The second-order valence-electron chi connectivity index (χ2n) is 4.65. The topological polar surface area (TPSA) is 0 Å². The fourth-order valence-electron chi connectivity index (χ4n) is 2.10. The molecule has 0 spiro atoms. The molecule has 0 amide bonds. The summed E-state index contributed by atoms with van der Waals surface area (Å²) in [5.74, 6) is 0. The van der Waals surface area contributed by atoms with Crippen LogP contribution in [-0.2, 0) is 0 Å². The van der Waals surface area contributed by atoms with Crippen LogP contribution in [0.1, 0.15) is 65.7 Å². The molecular weight excluding hydrogens is 275 g/mol. The van der Waals surface area contributed by atoms with Crippen LogP contribution in [0.15, 0.2) is 0 Å². The Bertz CT molecular complexity index is 93.4. The standard InChI is InChI=1S/C5H11.2C4H9.Sn.H/c1-3-5-4-2;2*1-3-4-2;;/h1,3-5H2,2H3;2*1,3-4H2,2H3;;. The van der Waals surface area contributed by atoms with E-state index < -0.39 is 19.8 Å². The summed E-state index contributed by atoms with van der Waals surface area (Å²) in [4.78, 5) is 0. The molecule has 0 aromatic carbocycles. The first-order valence-corrected chi connectivity index (χ1v) is 13.8. The molecule has 0 aliphatic carbocycles. The molecule has 0 heterocycles. The van der Waals surface area contributed by atoms with Gasteiger partial charge in [-0.05, 0) is 0 Å². The van der Waals surface area contributed by atoms with Crippen LogP contribution >= 0.6 is 0 Å². The molecule has 14 heavy (non-hydrogen) atoms. The molecule has 0 atom stereocenters. The van der Waals surface area contributed by atoms with Crippen LogP contribution in [0.5, 0.6) is 0 Å². The van der Waals surface area contributed by atoms with Crippen molar-refractivity contribution in [3.05, 3.63) is 0 Å². The molecule has 0 aliphatic heterocycles. The van der Waals surface area contributed by atoms with Crippen molar-refractivity contribution in [1.29, 1.82) is 0 Å². The van der Waals surface area contributed by atoms with Crippen molar-refractivity contribution in [2.75, 3.05) is 0 Å². The van der Waals surface area contributed by atoms with Crippen LogP contribution in [0.25, 0.3) is 0 Å². The Morgan fingerprint density at radius 3 is 1.43 bits per heavy atom. The minimum atomic E-state index is -0.989. The van der Waals surface area contributed by atoms with E-state index >= 15 is 0 Å². The maximum atomic E-state index is 2.34. The zero-order valence-electron chi connectivity index (χ0n) is 10.6. The molecule has 0 bridgehead atoms. The fourth-order valence-corrected chi connectivity index (χ4v) is 12.7. The Balaban J connectivity index is 3.49. The maximum absolute atomic E-state index is 2.34. The summed E-state index contributed by atoms with van der Waals surface area (Å²) in [5, 5.41) is 0. The zero-order chi connectivity index (χ0) is 10.6. The monoisotopic (exact) mass is 306 g/mol. The molecular formula is C13H30Sn. The summed E-state index contributed by atoms with van der Waals surface area (Å²) >= 11 is -0.989. The summed E-state index contributed by atoms with van der Waals surface area (Å²) in [6.45, 7) is 7.01. The predicted octanol–water partition coefficient (Wildman–Crippen LogP) is 5.00. The van der Waals surface area contributed by atoms with E-state index in [0.29, 0.717) is 0 Å². The molecule has 0 N–H and O–H groups in total. The van der Waals surface area contributed by atoms with Gasteiger partial charge in [-0.1, -0.05) is 0 Å². The van der Waals surface area contributed by atoms with E-state index in [1.165, 1.54) is 38.5 Å². The van der Waals surface area contributed by atoms with E-state index in [2.05, 4.69) is 20.8 Å². The molecule has 0 radical (unpaired) electrons. The van der Waals surface area contributed by atoms with Crippen LogP contribution < -0.4 is 0 Å². The molecule has 0 saturated carbocycles. The molecule has 0 rings (SSSR count). The average Bonchev–Trinajstić information content (AvgIpc) is 2.21. The first kappa shape index (κ1) is 14.8. The third-order valence-electron chi connectivity index (χ3n) is 3.15. The summed E-state index contributed by atoms with van der Waals surface area (Å²) in [6.07, 6.45) is 10.4. The predicted molar refractivity (Wildman–Crippen MR) is 70.9 cm³/mol. The van der Waals surface area contributed by atoms with E-state index in [4.69, 9.17) is 0 Å². The Kier molecular flexibility index (Phi) is 12.5. The van der Waals surface area contributed by atoms with Gasteiger partial charge in [0.2, 0.25) is 0 Å². The number of unbranched alkanes of at least 4 members (excludes halogenated alkanes) is 4. The fraction of sp³-hybridized carbons (Fsp3) is 1.00. The summed E-state index contributed by atoms with van der Waals surface area (Å²) in [6, 6.07) is 0. The van der Waals surface area contributed by atoms with Crippen molar-refractivity contribution in [3.63, 3.8) is 0 Å². The van der Waals surface area contributed by atoms with Crippen molar-refractivity contribution in [1.82, 2.24) is 0 Å². The molecule has 0 aliphatic rings. The summed E-state index contributed by atoms with van der Waals surface area (Å²) in [5.41, 5.74) is 0. The second-order valence-corrected chi connectivity index (χ2v) is 14.5. The molecule has 0 saturated heterocycles. The third-order valence-corrected chi connectivity index (χ3v) is 13.6. The van der Waals surface area contributed by atoms with Crippen LogP contribution in [0, 0.1) is 0 Å². The van der Waals surface area contributed by atoms with Gasteiger partial charge in [-0.25, -0.2) is 0 Å². The Hall–Kier alpha value is 0.799. The van der Waals surface area contributed by atoms with E-state index in [0.717, 1.165) is 0 Å². The Morgan fingerprint density at radius 1 is 0.571 bits per heavy atom. The molecule has 0 aromatic heterocycles. The van der Waals surface area contributed by atoms with Crippen LogP contribution in [0.4, 0.5) is 0 Å². The number of hydrogen-bond donors (Lipinski definition) is 0. The zero-order valence-corrected chi connectivity index (χ0v) is 13.9. The average molecular weight is 305 g/mol. The Morgan fingerprint density at radius 2 is 1.00 bits per heavy atom. The Labute approximate surface area is 98.6 Å². The van der Waals surface area contributed by atoms with Gasteiger partial charge in [-0.15, -0.1) is 0 Å². The molecule has 0 aromatic rings. The summed E-state index contributed by atoms with van der Waals surface area (Å²) in [7, 11) is 0. The molecule has 0 fully saturated rings. The van der Waals surface area contributed by atoms with Gasteiger partial charge in [0, 0.05) is 0 Å². The van der Waals surface area contributed by atoms with Gasteiger partial charge in [0.25, 0.3) is 0 Å². The van der Waals surface area contributed by atoms with E-state index in [9.17, 15) is 0 Å². The van der Waals surface area contributed by atoms with Gasteiger partial charge in [-0.2, -0.15) is 0 Å². The van der Waals surface area contributed by atoms with E-state index in [-0.39, 0.29) is 0 Å². The van der Waals surface area contributed by atoms with Gasteiger partial charge >= 0.3 is 98.8 Å². The van der Waals surface area contributed by atoms with Gasteiger partial charge in [0.1, 0.15) is 0 Å². The SMILES string of the molecule is CCCC[CH2][SnH]([CH2]CCC)[CH2]CCC. The van der Waals surface area contributed by atoms with Gasteiger partial charge in [0.05, 0.1) is 0 Å². The first-order chi connectivity index (χ1) is 6.85. The van der Waals surface area contributed by atoms with E-state index in [1.54, 1.807) is 19.7 Å².